The zero-order chi connectivity index (χ0) is 60.5. The first-order valence-corrected chi connectivity index (χ1v) is 38.5. The molecule has 0 saturated carbocycles. The van der Waals surface area contributed by atoms with Gasteiger partial charge in [0.1, 0.15) is 6.61 Å². The van der Waals surface area contributed by atoms with E-state index in [9.17, 15) is 14.7 Å². The van der Waals surface area contributed by atoms with Crippen LogP contribution in [-0.2, 0) is 19.1 Å². The van der Waals surface area contributed by atoms with E-state index < -0.39 is 6.10 Å². The van der Waals surface area contributed by atoms with Gasteiger partial charge in [0.15, 0.2) is 6.10 Å². The first kappa shape index (κ1) is 82.1. The van der Waals surface area contributed by atoms with Crippen LogP contribution in [0.2, 0.25) is 0 Å². The molecule has 0 radical (unpaired) electrons. The predicted octanol–water partition coefficient (Wildman–Crippen LogP) is 26.9. The number of allylic oxidation sites excluding steroid dienone is 6. The van der Waals surface area contributed by atoms with E-state index in [1.807, 2.05) is 0 Å². The zero-order valence-electron chi connectivity index (χ0n) is 57.2. The summed E-state index contributed by atoms with van der Waals surface area (Å²) in [7, 11) is 0. The lowest BCUT2D eigenvalue weighted by atomic mass is 10.0. The highest BCUT2D eigenvalue weighted by atomic mass is 16.6. The van der Waals surface area contributed by atoms with Crippen LogP contribution in [-0.4, -0.2) is 36.4 Å². The van der Waals surface area contributed by atoms with Crippen molar-refractivity contribution in [3.05, 3.63) is 36.5 Å². The summed E-state index contributed by atoms with van der Waals surface area (Å²) >= 11 is 0. The van der Waals surface area contributed by atoms with Gasteiger partial charge in [0.25, 0.3) is 0 Å². The molecule has 0 aromatic carbocycles. The van der Waals surface area contributed by atoms with E-state index in [2.05, 4.69) is 50.3 Å². The maximum Gasteiger partial charge on any atom is 0.306 e. The second-order valence-electron chi connectivity index (χ2n) is 26.4. The molecule has 0 saturated heterocycles. The topological polar surface area (TPSA) is 72.8 Å². The first-order chi connectivity index (χ1) is 41.6. The SMILES string of the molecule is CCCCCCC/C=C\C/C=C\CCCCCCCCCCCCCCCCCCCC(=O)OC(CO)COC(=O)CCCCCCCCCCCCCCCCCCCCCCCCCCCCCCC/C=C\CCCCCCCCCC. The number of aliphatic hydroxyl groups excluding tert-OH is 1. The van der Waals surface area contributed by atoms with Crippen LogP contribution in [0.4, 0.5) is 0 Å². The van der Waals surface area contributed by atoms with Gasteiger partial charge < -0.3 is 14.6 Å². The summed E-state index contributed by atoms with van der Waals surface area (Å²) in [6.07, 6.45) is 101. The summed E-state index contributed by atoms with van der Waals surface area (Å²) in [6.45, 7) is 4.20. The number of carbonyl (C=O) groups is 2. The highest BCUT2D eigenvalue weighted by Crippen LogP contribution is 2.20. The lowest BCUT2D eigenvalue weighted by Crippen LogP contribution is -2.28. The van der Waals surface area contributed by atoms with E-state index >= 15 is 0 Å². The Labute approximate surface area is 526 Å². The van der Waals surface area contributed by atoms with Gasteiger partial charge >= 0.3 is 11.9 Å². The Morgan fingerprint density at radius 1 is 0.274 bits per heavy atom. The van der Waals surface area contributed by atoms with Crippen LogP contribution in [0.1, 0.15) is 438 Å². The maximum absolute atomic E-state index is 12.4. The van der Waals surface area contributed by atoms with E-state index in [0.29, 0.717) is 12.8 Å². The minimum absolute atomic E-state index is 0.0589. The number of esters is 2. The number of carbonyl (C=O) groups excluding carboxylic acids is 2. The average molecular weight is 1180 g/mol. The molecule has 1 unspecified atom stereocenters. The van der Waals surface area contributed by atoms with E-state index in [4.69, 9.17) is 9.47 Å². The third-order valence-electron chi connectivity index (χ3n) is 17.9. The molecule has 5 nitrogen and oxygen atoms in total. The normalized spacial score (nSPS) is 12.3. The molecule has 0 aromatic heterocycles. The average Bonchev–Trinajstić information content (AvgIpc) is 3.51. The Hall–Kier alpha value is -1.88. The summed E-state index contributed by atoms with van der Waals surface area (Å²) in [5, 5.41) is 9.72. The Kier molecular flexibility index (Phi) is 73.7. The number of hydrogen-bond donors (Lipinski definition) is 1. The fourth-order valence-corrected chi connectivity index (χ4v) is 12.1. The van der Waals surface area contributed by atoms with Crippen LogP contribution in [0.25, 0.3) is 0 Å². The van der Waals surface area contributed by atoms with E-state index in [0.717, 1.165) is 38.5 Å². The molecule has 0 amide bonds. The third-order valence-corrected chi connectivity index (χ3v) is 17.9. The Morgan fingerprint density at radius 3 is 0.714 bits per heavy atom. The second-order valence-corrected chi connectivity index (χ2v) is 26.4. The lowest BCUT2D eigenvalue weighted by molar-refractivity contribution is -0.161. The number of ether oxygens (including phenoxy) is 2. The number of unbranched alkanes of at least 4 members (excludes halogenated alkanes) is 59. The van der Waals surface area contributed by atoms with Crippen LogP contribution in [0.5, 0.6) is 0 Å². The third kappa shape index (κ3) is 72.6. The molecule has 0 bridgehead atoms. The van der Waals surface area contributed by atoms with Gasteiger partial charge in [0, 0.05) is 12.8 Å². The van der Waals surface area contributed by atoms with Gasteiger partial charge in [-0.15, -0.1) is 0 Å². The molecule has 5 heteroatoms. The molecule has 0 aliphatic rings. The maximum atomic E-state index is 12.4. The lowest BCUT2D eigenvalue weighted by Gasteiger charge is -2.15. The first-order valence-electron chi connectivity index (χ1n) is 38.5. The molecule has 1 N–H and O–H groups in total. The van der Waals surface area contributed by atoms with Gasteiger partial charge in [0.05, 0.1) is 6.61 Å². The summed E-state index contributed by atoms with van der Waals surface area (Å²) in [4.78, 5) is 24.7. The van der Waals surface area contributed by atoms with Crippen molar-refractivity contribution in [3.63, 3.8) is 0 Å². The fourth-order valence-electron chi connectivity index (χ4n) is 12.1. The molecule has 0 aromatic rings. The zero-order valence-corrected chi connectivity index (χ0v) is 57.2. The van der Waals surface area contributed by atoms with Crippen LogP contribution < -0.4 is 0 Å². The molecule has 0 fully saturated rings. The number of hydrogen-bond acceptors (Lipinski definition) is 5. The van der Waals surface area contributed by atoms with Gasteiger partial charge in [-0.05, 0) is 70.6 Å². The van der Waals surface area contributed by atoms with Crippen molar-refractivity contribution in [1.29, 1.82) is 0 Å². The Bertz CT molecular complexity index is 1340. The quantitative estimate of drug-likeness (QED) is 0.0373. The molecule has 84 heavy (non-hydrogen) atoms. The van der Waals surface area contributed by atoms with E-state index in [-0.39, 0.29) is 25.2 Å². The molecular weight excluding hydrogens is 1030 g/mol. The van der Waals surface area contributed by atoms with Crippen molar-refractivity contribution in [1.82, 2.24) is 0 Å². The molecule has 0 rings (SSSR count). The van der Waals surface area contributed by atoms with Gasteiger partial charge in [-0.3, -0.25) is 9.59 Å². The smallest absolute Gasteiger partial charge is 0.306 e. The second kappa shape index (κ2) is 75.4. The Morgan fingerprint density at radius 2 is 0.476 bits per heavy atom. The molecule has 0 heterocycles. The van der Waals surface area contributed by atoms with Gasteiger partial charge in [-0.25, -0.2) is 0 Å². The van der Waals surface area contributed by atoms with Crippen molar-refractivity contribution in [2.75, 3.05) is 13.2 Å². The van der Waals surface area contributed by atoms with Crippen LogP contribution >= 0.6 is 0 Å². The fraction of sp³-hybridized carbons (Fsp3) is 0.899. The summed E-state index contributed by atoms with van der Waals surface area (Å²) in [6, 6.07) is 0. The summed E-state index contributed by atoms with van der Waals surface area (Å²) in [5.41, 5.74) is 0. The van der Waals surface area contributed by atoms with Gasteiger partial charge in [-0.2, -0.15) is 0 Å². The van der Waals surface area contributed by atoms with Gasteiger partial charge in [-0.1, -0.05) is 391 Å². The van der Waals surface area contributed by atoms with Crippen molar-refractivity contribution < 1.29 is 24.2 Å². The van der Waals surface area contributed by atoms with Gasteiger partial charge in [0.2, 0.25) is 0 Å². The molecule has 0 aliphatic carbocycles. The van der Waals surface area contributed by atoms with Crippen LogP contribution in [0.15, 0.2) is 36.5 Å². The highest BCUT2D eigenvalue weighted by molar-refractivity contribution is 5.70. The number of aliphatic hydroxyl groups is 1. The molecule has 0 aliphatic heterocycles. The van der Waals surface area contributed by atoms with Crippen molar-refractivity contribution in [3.8, 4) is 0 Å². The minimum Gasteiger partial charge on any atom is -0.462 e. The number of rotatable bonds is 73. The van der Waals surface area contributed by atoms with Crippen LogP contribution in [0.3, 0.4) is 0 Å². The molecule has 1 atom stereocenters. The van der Waals surface area contributed by atoms with Crippen molar-refractivity contribution in [2.24, 2.45) is 0 Å². The van der Waals surface area contributed by atoms with Crippen molar-refractivity contribution >= 4 is 11.9 Å². The monoisotopic (exact) mass is 1180 g/mol. The predicted molar refractivity (Wildman–Crippen MR) is 371 cm³/mol. The standard InChI is InChI=1S/C79H150O5/c1-3-5-7-9-11-13-15-17-19-21-23-25-27-29-31-33-34-35-36-37-38-39-40-41-42-43-44-46-47-49-51-53-55-57-59-61-63-65-67-69-71-73-78(81)83-76-77(75-80)84-79(82)74-72-70-68-66-64-62-60-58-56-54-52-50-48-45-32-30-28-26-24-22-20-18-16-14-12-10-8-6-4-2/h16,18,21-24,77,80H,3-15,17,19-20,25-76H2,1-2H3/b18-16-,23-21-,24-22-. The highest BCUT2D eigenvalue weighted by Gasteiger charge is 2.16. The Balaban J connectivity index is 3.35. The van der Waals surface area contributed by atoms with Crippen LogP contribution in [0, 0.1) is 0 Å². The van der Waals surface area contributed by atoms with E-state index in [1.54, 1.807) is 0 Å². The largest absolute Gasteiger partial charge is 0.462 e. The summed E-state index contributed by atoms with van der Waals surface area (Å²) < 4.78 is 10.8. The molecular formula is C79H150O5. The molecule has 496 valence electrons. The van der Waals surface area contributed by atoms with E-state index in [1.165, 1.54) is 372 Å². The van der Waals surface area contributed by atoms with Crippen molar-refractivity contribution in [2.45, 2.75) is 444 Å². The minimum atomic E-state index is -0.770. The molecule has 0 spiro atoms. The summed E-state index contributed by atoms with van der Waals surface area (Å²) in [5.74, 6) is -0.564.